The predicted octanol–water partition coefficient (Wildman–Crippen LogP) is 1.57. The Bertz CT molecular complexity index is 72.4. The second kappa shape index (κ2) is 5.41. The van der Waals surface area contributed by atoms with E-state index < -0.39 is 6.16 Å². The molecule has 0 aromatic heterocycles. The van der Waals surface area contributed by atoms with E-state index in [1.165, 1.54) is 6.42 Å². The smallest absolute Gasteiger partial charge is 0.431 e. The number of ether oxygens (including phenoxy) is 2. The molecule has 54 valence electrons. The van der Waals surface area contributed by atoms with E-state index >= 15 is 0 Å². The van der Waals surface area contributed by atoms with E-state index in [-0.39, 0.29) is 0 Å². The molecule has 9 heavy (non-hydrogen) atoms. The molecule has 0 unspecified atom stereocenters. The topological polar surface area (TPSA) is 35.5 Å². The molecule has 1 rings (SSSR count). The first-order chi connectivity index (χ1) is 4.31. The summed E-state index contributed by atoms with van der Waals surface area (Å²) in [5, 5.41) is 0. The highest BCUT2D eigenvalue weighted by atomic mass is 16.8. The molecular weight excluding hydrogens is 120 g/mol. The number of hydrogen-bond donors (Lipinski definition) is 0. The van der Waals surface area contributed by atoms with Gasteiger partial charge < -0.3 is 9.47 Å². The van der Waals surface area contributed by atoms with Crippen LogP contribution in [0.5, 0.6) is 0 Å². The zero-order valence-corrected chi connectivity index (χ0v) is 5.85. The van der Waals surface area contributed by atoms with Crippen LogP contribution in [0.25, 0.3) is 0 Å². The lowest BCUT2D eigenvalue weighted by Gasteiger charge is -1.78. The van der Waals surface area contributed by atoms with Crippen molar-refractivity contribution >= 4 is 6.16 Å². The minimum Gasteiger partial charge on any atom is -0.431 e. The minimum atomic E-state index is -0.546. The van der Waals surface area contributed by atoms with E-state index in [0.717, 1.165) is 0 Å². The summed E-state index contributed by atoms with van der Waals surface area (Å²) in [6, 6.07) is 0. The lowest BCUT2D eigenvalue weighted by Crippen LogP contribution is -1.88. The summed E-state index contributed by atoms with van der Waals surface area (Å²) in [6.07, 6.45) is 0.704. The molecule has 0 N–H and O–H groups in total. The van der Waals surface area contributed by atoms with Gasteiger partial charge in [-0.2, -0.15) is 0 Å². The Labute approximate surface area is 55.0 Å². The summed E-state index contributed by atoms with van der Waals surface area (Å²) in [7, 11) is 0. The van der Waals surface area contributed by atoms with Crippen molar-refractivity contribution in [3.63, 3.8) is 0 Å². The Kier molecular flexibility index (Phi) is 4.97. The van der Waals surface area contributed by atoms with Gasteiger partial charge in [0, 0.05) is 0 Å². The third-order valence-electron chi connectivity index (χ3n) is 0.523. The van der Waals surface area contributed by atoms with Crippen LogP contribution < -0.4 is 0 Å². The Hall–Kier alpha value is -0.730. The lowest BCUT2D eigenvalue weighted by molar-refractivity contribution is 0.131. The molecule has 1 fully saturated rings. The highest BCUT2D eigenvalue weighted by Gasteiger charge is 2.09. The molecule has 0 aromatic carbocycles. The van der Waals surface area contributed by atoms with Gasteiger partial charge in [-0.05, 0) is 0 Å². The van der Waals surface area contributed by atoms with E-state index in [4.69, 9.17) is 0 Å². The van der Waals surface area contributed by atoms with Crippen LogP contribution in [0.3, 0.4) is 0 Å². The molecule has 0 aliphatic carbocycles. The van der Waals surface area contributed by atoms with Gasteiger partial charge in [-0.3, -0.25) is 0 Å². The molecule has 0 aromatic rings. The highest BCUT2D eigenvalue weighted by Crippen LogP contribution is 1.92. The highest BCUT2D eigenvalue weighted by molar-refractivity contribution is 5.61. The molecule has 1 heterocycles. The number of carbonyl (C=O) groups is 1. The first-order valence-corrected chi connectivity index (χ1v) is 3.10. The second-order valence-electron chi connectivity index (χ2n) is 1.65. The molecule has 0 spiro atoms. The summed E-state index contributed by atoms with van der Waals surface area (Å²) in [5.41, 5.74) is 0. The molecule has 0 radical (unpaired) electrons. The van der Waals surface area contributed by atoms with Crippen molar-refractivity contribution in [3.05, 3.63) is 0 Å². The number of cyclic esters (lactones) is 2. The summed E-state index contributed by atoms with van der Waals surface area (Å²) < 4.78 is 8.58. The van der Waals surface area contributed by atoms with Crippen molar-refractivity contribution in [2.24, 2.45) is 0 Å². The zero-order valence-electron chi connectivity index (χ0n) is 5.85. The second-order valence-corrected chi connectivity index (χ2v) is 1.65. The maximum Gasteiger partial charge on any atom is 0.508 e. The minimum absolute atomic E-state index is 0.416. The van der Waals surface area contributed by atoms with Gasteiger partial charge in [0.05, 0.1) is 0 Å². The van der Waals surface area contributed by atoms with E-state index in [9.17, 15) is 4.79 Å². The van der Waals surface area contributed by atoms with Crippen LogP contribution in [0.2, 0.25) is 0 Å². The maximum atomic E-state index is 9.80. The Morgan fingerprint density at radius 2 is 1.67 bits per heavy atom. The third-order valence-corrected chi connectivity index (χ3v) is 0.523. The molecule has 3 nitrogen and oxygen atoms in total. The molecule has 1 aliphatic rings. The molecule has 0 bridgehead atoms. The third kappa shape index (κ3) is 5.14. The average molecular weight is 132 g/mol. The summed E-state index contributed by atoms with van der Waals surface area (Å²) in [5.74, 6) is 0. The number of hydrogen-bond acceptors (Lipinski definition) is 3. The normalized spacial score (nSPS) is 15.1. The Morgan fingerprint density at radius 3 is 1.78 bits per heavy atom. The van der Waals surface area contributed by atoms with E-state index in [2.05, 4.69) is 23.3 Å². The molecule has 0 amide bonds. The van der Waals surface area contributed by atoms with E-state index in [0.29, 0.717) is 13.2 Å². The fourth-order valence-corrected chi connectivity index (χ4v) is 0.292. The van der Waals surface area contributed by atoms with Crippen molar-refractivity contribution in [3.8, 4) is 0 Å². The molecule has 3 heteroatoms. The predicted molar refractivity (Wildman–Crippen MR) is 33.3 cm³/mol. The van der Waals surface area contributed by atoms with Crippen LogP contribution >= 0.6 is 0 Å². The van der Waals surface area contributed by atoms with Crippen LogP contribution in [-0.4, -0.2) is 19.4 Å². The molecule has 1 saturated heterocycles. The van der Waals surface area contributed by atoms with Gasteiger partial charge in [0.15, 0.2) is 0 Å². The van der Waals surface area contributed by atoms with Gasteiger partial charge in [-0.15, -0.1) is 0 Å². The van der Waals surface area contributed by atoms with Crippen LogP contribution in [-0.2, 0) is 9.47 Å². The van der Waals surface area contributed by atoms with E-state index in [1.54, 1.807) is 0 Å². The Morgan fingerprint density at radius 1 is 1.33 bits per heavy atom. The summed E-state index contributed by atoms with van der Waals surface area (Å²) in [4.78, 5) is 9.80. The van der Waals surface area contributed by atoms with Crippen molar-refractivity contribution in [2.75, 3.05) is 13.2 Å². The summed E-state index contributed by atoms with van der Waals surface area (Å²) >= 11 is 0. The van der Waals surface area contributed by atoms with Crippen LogP contribution in [0.1, 0.15) is 20.3 Å². The lowest BCUT2D eigenvalue weighted by atomic mass is 10.6. The van der Waals surface area contributed by atoms with Gasteiger partial charge in [0.1, 0.15) is 13.2 Å². The van der Waals surface area contributed by atoms with Crippen molar-refractivity contribution < 1.29 is 14.3 Å². The van der Waals surface area contributed by atoms with Crippen molar-refractivity contribution in [1.82, 2.24) is 0 Å². The molecule has 1 aliphatic heterocycles. The number of carbonyl (C=O) groups excluding carboxylic acids is 1. The van der Waals surface area contributed by atoms with Gasteiger partial charge >= 0.3 is 6.16 Å². The van der Waals surface area contributed by atoms with Crippen molar-refractivity contribution in [1.29, 1.82) is 0 Å². The Balaban J connectivity index is 0.000000187. The zero-order chi connectivity index (χ0) is 7.11. The standard InChI is InChI=1S/C3H4O3.C3H8/c4-3-5-1-2-6-3;1-3-2/h1-2H2;3H2,1-2H3. The van der Waals surface area contributed by atoms with E-state index in [1.807, 2.05) is 0 Å². The van der Waals surface area contributed by atoms with Gasteiger partial charge in [0.2, 0.25) is 0 Å². The fourth-order valence-electron chi connectivity index (χ4n) is 0.292. The molecular formula is C6H12O3. The van der Waals surface area contributed by atoms with Crippen LogP contribution in [0, 0.1) is 0 Å². The first kappa shape index (κ1) is 8.27. The average Bonchev–Trinajstić information content (AvgIpc) is 2.20. The van der Waals surface area contributed by atoms with Crippen molar-refractivity contribution in [2.45, 2.75) is 20.3 Å². The quantitative estimate of drug-likeness (QED) is 0.469. The fraction of sp³-hybridized carbons (Fsp3) is 0.833. The molecule has 0 atom stereocenters. The summed E-state index contributed by atoms with van der Waals surface area (Å²) in [6.45, 7) is 5.08. The van der Waals surface area contributed by atoms with Gasteiger partial charge in [-0.25, -0.2) is 4.79 Å². The van der Waals surface area contributed by atoms with Crippen LogP contribution in [0.4, 0.5) is 4.79 Å². The molecule has 0 saturated carbocycles. The SMILES string of the molecule is CCC.O=C1OCCO1. The largest absolute Gasteiger partial charge is 0.508 e. The number of rotatable bonds is 0. The maximum absolute atomic E-state index is 9.80. The first-order valence-electron chi connectivity index (χ1n) is 3.10. The van der Waals surface area contributed by atoms with Gasteiger partial charge in [-0.1, -0.05) is 20.3 Å². The van der Waals surface area contributed by atoms with Crippen LogP contribution in [0.15, 0.2) is 0 Å². The monoisotopic (exact) mass is 132 g/mol. The van der Waals surface area contributed by atoms with Gasteiger partial charge in [0.25, 0.3) is 0 Å².